The lowest BCUT2D eigenvalue weighted by molar-refractivity contribution is -0.115. The molecule has 0 aliphatic heterocycles. The summed E-state index contributed by atoms with van der Waals surface area (Å²) in [5.74, 6) is 0.853. The van der Waals surface area contributed by atoms with Crippen LogP contribution in [-0.4, -0.2) is 22.9 Å². The van der Waals surface area contributed by atoms with Gasteiger partial charge in [0.2, 0.25) is 5.91 Å². The summed E-state index contributed by atoms with van der Waals surface area (Å²) in [6, 6.07) is 8.22. The largest absolute Gasteiger partial charge is 0.302 e. The lowest BCUT2D eigenvalue weighted by atomic mass is 10.3. The molecule has 3 nitrogen and oxygen atoms in total. The maximum atomic E-state index is 11.9. The maximum absolute atomic E-state index is 11.9. The van der Waals surface area contributed by atoms with Crippen LogP contribution in [0.25, 0.3) is 20.3 Å². The van der Waals surface area contributed by atoms with Gasteiger partial charge in [0, 0.05) is 17.1 Å². The van der Waals surface area contributed by atoms with Crippen LogP contribution in [0.2, 0.25) is 0 Å². The molecule has 1 N–H and O–H groups in total. The Balaban J connectivity index is 1.90. The van der Waals surface area contributed by atoms with Crippen LogP contribution in [0, 0.1) is 0 Å². The average molecular weight is 367 g/mol. The van der Waals surface area contributed by atoms with Gasteiger partial charge in [0.15, 0.2) is 5.13 Å². The molecule has 0 aromatic carbocycles. The van der Waals surface area contributed by atoms with E-state index >= 15 is 0 Å². The molecule has 0 bridgehead atoms. The van der Waals surface area contributed by atoms with Crippen molar-refractivity contribution in [3.8, 4) is 20.3 Å². The minimum Gasteiger partial charge on any atom is -0.302 e. The lowest BCUT2D eigenvalue weighted by Gasteiger charge is -1.99. The van der Waals surface area contributed by atoms with Crippen LogP contribution >= 0.6 is 45.8 Å². The number of rotatable bonds is 6. The van der Waals surface area contributed by atoms with Gasteiger partial charge in [-0.1, -0.05) is 23.5 Å². The third kappa shape index (κ3) is 3.60. The standard InChI is InChI=1S/C15H14N2OS4/c1-19-9-6-12(18)16-15-17-13(10-4-2-7-20-10)14(22-15)11-5-3-8-21-11/h2-5,7-8H,6,9H2,1H3,(H,16,17,18). The van der Waals surface area contributed by atoms with E-state index in [4.69, 9.17) is 0 Å². The fourth-order valence-electron chi connectivity index (χ4n) is 1.91. The van der Waals surface area contributed by atoms with Crippen LogP contribution in [0.3, 0.4) is 0 Å². The molecule has 3 heterocycles. The van der Waals surface area contributed by atoms with Gasteiger partial charge in [0.1, 0.15) is 5.69 Å². The van der Waals surface area contributed by atoms with Crippen molar-refractivity contribution < 1.29 is 4.79 Å². The van der Waals surface area contributed by atoms with Gasteiger partial charge in [0.25, 0.3) is 0 Å². The molecule has 0 unspecified atom stereocenters. The Bertz CT molecular complexity index is 680. The third-order valence-electron chi connectivity index (χ3n) is 2.91. The number of thioether (sulfide) groups is 1. The molecule has 3 aromatic heterocycles. The normalized spacial score (nSPS) is 10.8. The fraction of sp³-hybridized carbons (Fsp3) is 0.200. The first kappa shape index (κ1) is 15.7. The number of hydrogen-bond acceptors (Lipinski definition) is 6. The van der Waals surface area contributed by atoms with E-state index in [0.717, 1.165) is 21.2 Å². The highest BCUT2D eigenvalue weighted by atomic mass is 32.2. The third-order valence-corrected chi connectivity index (χ3v) is 6.42. The van der Waals surface area contributed by atoms with Gasteiger partial charge in [-0.3, -0.25) is 4.79 Å². The van der Waals surface area contributed by atoms with E-state index in [2.05, 4.69) is 27.8 Å². The van der Waals surface area contributed by atoms with E-state index in [1.165, 1.54) is 4.88 Å². The number of anilines is 1. The SMILES string of the molecule is CSCCC(=O)Nc1nc(-c2cccs2)c(-c2cccs2)s1. The van der Waals surface area contributed by atoms with E-state index < -0.39 is 0 Å². The first-order valence-corrected chi connectivity index (χ1v) is 10.6. The molecule has 0 aliphatic carbocycles. The summed E-state index contributed by atoms with van der Waals surface area (Å²) >= 11 is 6.57. The molecule has 0 saturated heterocycles. The molecule has 3 rings (SSSR count). The van der Waals surface area contributed by atoms with Crippen LogP contribution in [0.1, 0.15) is 6.42 Å². The quantitative estimate of drug-likeness (QED) is 0.644. The smallest absolute Gasteiger partial charge is 0.226 e. The average Bonchev–Trinajstić information content (AvgIpc) is 3.23. The molecule has 0 aliphatic rings. The van der Waals surface area contributed by atoms with Gasteiger partial charge in [-0.05, 0) is 29.1 Å². The second-order valence-corrected chi connectivity index (χ2v) is 8.32. The monoisotopic (exact) mass is 366 g/mol. The highest BCUT2D eigenvalue weighted by Crippen LogP contribution is 2.42. The van der Waals surface area contributed by atoms with Gasteiger partial charge in [-0.25, -0.2) is 4.98 Å². The Morgan fingerprint density at radius 3 is 2.59 bits per heavy atom. The topological polar surface area (TPSA) is 42.0 Å². The van der Waals surface area contributed by atoms with E-state index in [0.29, 0.717) is 11.6 Å². The zero-order valence-electron chi connectivity index (χ0n) is 11.9. The van der Waals surface area contributed by atoms with Crippen molar-refractivity contribution in [2.45, 2.75) is 6.42 Å². The summed E-state index contributed by atoms with van der Waals surface area (Å²) < 4.78 is 0. The van der Waals surface area contributed by atoms with Crippen molar-refractivity contribution in [1.82, 2.24) is 4.98 Å². The van der Waals surface area contributed by atoms with Crippen LogP contribution in [-0.2, 0) is 4.79 Å². The number of aromatic nitrogens is 1. The summed E-state index contributed by atoms with van der Waals surface area (Å²) in [5, 5.41) is 7.71. The molecule has 0 spiro atoms. The Kier molecular flexibility index (Phi) is 5.30. The number of nitrogens with one attached hydrogen (secondary N) is 1. The lowest BCUT2D eigenvalue weighted by Crippen LogP contribution is -2.11. The van der Waals surface area contributed by atoms with E-state index in [1.807, 2.05) is 23.8 Å². The summed E-state index contributed by atoms with van der Waals surface area (Å²) in [6.07, 6.45) is 2.52. The highest BCUT2D eigenvalue weighted by molar-refractivity contribution is 7.98. The first-order valence-electron chi connectivity index (χ1n) is 6.65. The number of hydrogen-bond donors (Lipinski definition) is 1. The Hall–Kier alpha value is -1.15. The number of nitrogens with zero attached hydrogens (tertiary/aromatic N) is 1. The Labute approximate surface area is 145 Å². The summed E-state index contributed by atoms with van der Waals surface area (Å²) in [7, 11) is 0. The van der Waals surface area contributed by atoms with Gasteiger partial charge < -0.3 is 5.32 Å². The molecule has 0 atom stereocenters. The second kappa shape index (κ2) is 7.41. The number of thiophene rings is 2. The molecule has 0 radical (unpaired) electrons. The predicted molar refractivity (Wildman–Crippen MR) is 100 cm³/mol. The van der Waals surface area contributed by atoms with Crippen molar-refractivity contribution in [1.29, 1.82) is 0 Å². The Morgan fingerprint density at radius 1 is 1.23 bits per heavy atom. The number of thiazole rings is 1. The fourth-order valence-corrected chi connectivity index (χ4v) is 4.93. The van der Waals surface area contributed by atoms with E-state index in [-0.39, 0.29) is 5.91 Å². The predicted octanol–water partition coefficient (Wildman–Crippen LogP) is 5.29. The summed E-state index contributed by atoms with van der Waals surface area (Å²) in [6.45, 7) is 0. The molecular weight excluding hydrogens is 352 g/mol. The molecule has 114 valence electrons. The number of amides is 1. The van der Waals surface area contributed by atoms with Crippen molar-refractivity contribution in [2.24, 2.45) is 0 Å². The first-order chi connectivity index (χ1) is 10.8. The van der Waals surface area contributed by atoms with E-state index in [1.54, 1.807) is 45.8 Å². The summed E-state index contributed by atoms with van der Waals surface area (Å²) in [5.41, 5.74) is 0.961. The highest BCUT2D eigenvalue weighted by Gasteiger charge is 2.17. The van der Waals surface area contributed by atoms with Gasteiger partial charge >= 0.3 is 0 Å². The van der Waals surface area contributed by atoms with Crippen molar-refractivity contribution in [3.05, 3.63) is 35.0 Å². The van der Waals surface area contributed by atoms with Crippen LogP contribution < -0.4 is 5.32 Å². The van der Waals surface area contributed by atoms with Crippen molar-refractivity contribution >= 4 is 56.8 Å². The molecule has 22 heavy (non-hydrogen) atoms. The molecule has 1 amide bonds. The minimum absolute atomic E-state index is 0.0264. The van der Waals surface area contributed by atoms with Crippen molar-refractivity contribution in [3.63, 3.8) is 0 Å². The minimum atomic E-state index is 0.0264. The van der Waals surface area contributed by atoms with Crippen molar-refractivity contribution in [2.75, 3.05) is 17.3 Å². The zero-order valence-corrected chi connectivity index (χ0v) is 15.1. The molecule has 3 aromatic rings. The molecule has 0 fully saturated rings. The number of carbonyl (C=O) groups excluding carboxylic acids is 1. The van der Waals surface area contributed by atoms with Gasteiger partial charge in [-0.15, -0.1) is 22.7 Å². The zero-order chi connectivity index (χ0) is 15.4. The summed E-state index contributed by atoms with van der Waals surface area (Å²) in [4.78, 5) is 20.0. The Morgan fingerprint density at radius 2 is 1.95 bits per heavy atom. The van der Waals surface area contributed by atoms with Crippen LogP contribution in [0.5, 0.6) is 0 Å². The van der Waals surface area contributed by atoms with E-state index in [9.17, 15) is 4.79 Å². The molecule has 0 saturated carbocycles. The van der Waals surface area contributed by atoms with Gasteiger partial charge in [0.05, 0.1) is 9.75 Å². The molecule has 7 heteroatoms. The van der Waals surface area contributed by atoms with Gasteiger partial charge in [-0.2, -0.15) is 11.8 Å². The second-order valence-electron chi connectivity index (χ2n) is 4.44. The maximum Gasteiger partial charge on any atom is 0.226 e. The van der Waals surface area contributed by atoms with Crippen LogP contribution in [0.15, 0.2) is 35.0 Å². The van der Waals surface area contributed by atoms with Crippen LogP contribution in [0.4, 0.5) is 5.13 Å². The number of carbonyl (C=O) groups is 1. The molecular formula is C15H14N2OS4.